The molecule has 112 valence electrons. The molecule has 2 rings (SSSR count). The molecule has 2 nitrogen and oxygen atoms in total. The first-order valence-electron chi connectivity index (χ1n) is 8.38. The number of hydrogen-bond acceptors (Lipinski definition) is 2. The first kappa shape index (κ1) is 15.5. The minimum absolute atomic E-state index is 0.485. The molecule has 1 aliphatic rings. The fraction of sp³-hybridized carbons (Fsp3) is 0.667. The molecule has 0 saturated carbocycles. The lowest BCUT2D eigenvalue weighted by molar-refractivity contribution is 0.205. The summed E-state index contributed by atoms with van der Waals surface area (Å²) in [5, 5.41) is 3.73. The molecule has 1 saturated heterocycles. The quantitative estimate of drug-likeness (QED) is 0.814. The van der Waals surface area contributed by atoms with Gasteiger partial charge in [0.2, 0.25) is 0 Å². The topological polar surface area (TPSA) is 15.3 Å². The van der Waals surface area contributed by atoms with Crippen LogP contribution < -0.4 is 5.32 Å². The molecule has 1 fully saturated rings. The summed E-state index contributed by atoms with van der Waals surface area (Å²) >= 11 is 0. The molecule has 0 aromatic heterocycles. The molecule has 0 radical (unpaired) electrons. The van der Waals surface area contributed by atoms with Gasteiger partial charge in [0, 0.05) is 12.6 Å². The first-order valence-corrected chi connectivity index (χ1v) is 8.38. The van der Waals surface area contributed by atoms with E-state index in [0.717, 1.165) is 19.5 Å². The van der Waals surface area contributed by atoms with Crippen LogP contribution in [0.5, 0.6) is 0 Å². The zero-order chi connectivity index (χ0) is 14.2. The Hall–Kier alpha value is -0.860. The van der Waals surface area contributed by atoms with Crippen molar-refractivity contribution in [2.24, 2.45) is 0 Å². The summed E-state index contributed by atoms with van der Waals surface area (Å²) in [5.74, 6) is 0. The second kappa shape index (κ2) is 8.43. The number of piperidine rings is 1. The Balaban J connectivity index is 2.00. The molecule has 2 heteroatoms. The van der Waals surface area contributed by atoms with E-state index < -0.39 is 0 Å². The average molecular weight is 274 g/mol. The summed E-state index contributed by atoms with van der Waals surface area (Å²) in [6, 6.07) is 9.68. The van der Waals surface area contributed by atoms with E-state index in [1.807, 2.05) is 0 Å². The van der Waals surface area contributed by atoms with Gasteiger partial charge >= 0.3 is 0 Å². The number of nitrogens with zero attached hydrogens (tertiary/aromatic N) is 1. The number of nitrogens with one attached hydrogen (secondary N) is 1. The summed E-state index contributed by atoms with van der Waals surface area (Å²) in [4.78, 5) is 2.63. The molecule has 0 aliphatic carbocycles. The van der Waals surface area contributed by atoms with Crippen LogP contribution in [0, 0.1) is 0 Å². The molecule has 1 atom stereocenters. The van der Waals surface area contributed by atoms with Crippen molar-refractivity contribution >= 4 is 0 Å². The Morgan fingerprint density at radius 3 is 2.35 bits per heavy atom. The summed E-state index contributed by atoms with van der Waals surface area (Å²) in [6.45, 7) is 9.27. The molecule has 1 aliphatic heterocycles. The molecule has 20 heavy (non-hydrogen) atoms. The van der Waals surface area contributed by atoms with Gasteiger partial charge in [-0.1, -0.05) is 44.5 Å². The van der Waals surface area contributed by atoms with Crippen LogP contribution in [0.2, 0.25) is 0 Å². The third kappa shape index (κ3) is 4.60. The lowest BCUT2D eigenvalue weighted by atomic mass is 10.0. The van der Waals surface area contributed by atoms with Crippen molar-refractivity contribution < 1.29 is 0 Å². The zero-order valence-electron chi connectivity index (χ0n) is 13.2. The third-order valence-corrected chi connectivity index (χ3v) is 4.32. The molecular formula is C18H30N2. The van der Waals surface area contributed by atoms with Crippen LogP contribution in [0.3, 0.4) is 0 Å². The highest BCUT2D eigenvalue weighted by molar-refractivity contribution is 5.25. The predicted molar refractivity (Wildman–Crippen MR) is 87.1 cm³/mol. The highest BCUT2D eigenvalue weighted by atomic mass is 15.2. The van der Waals surface area contributed by atoms with Crippen molar-refractivity contribution in [3.63, 3.8) is 0 Å². The molecule has 1 aromatic carbocycles. The Kier molecular flexibility index (Phi) is 6.55. The van der Waals surface area contributed by atoms with Gasteiger partial charge in [0.1, 0.15) is 0 Å². The van der Waals surface area contributed by atoms with E-state index in [4.69, 9.17) is 0 Å². The van der Waals surface area contributed by atoms with Gasteiger partial charge in [-0.3, -0.25) is 0 Å². The molecular weight excluding hydrogens is 244 g/mol. The molecule has 0 amide bonds. The van der Waals surface area contributed by atoms with Crippen LogP contribution in [-0.2, 0) is 6.42 Å². The van der Waals surface area contributed by atoms with Crippen LogP contribution in [-0.4, -0.2) is 31.1 Å². The van der Waals surface area contributed by atoms with Crippen molar-refractivity contribution in [1.82, 2.24) is 10.2 Å². The minimum Gasteiger partial charge on any atom is -0.309 e. The van der Waals surface area contributed by atoms with E-state index in [-0.39, 0.29) is 0 Å². The van der Waals surface area contributed by atoms with Gasteiger partial charge in [0.25, 0.3) is 0 Å². The highest BCUT2D eigenvalue weighted by Gasteiger charge is 2.17. The molecule has 0 bridgehead atoms. The van der Waals surface area contributed by atoms with Gasteiger partial charge < -0.3 is 10.2 Å². The number of aryl methyl sites for hydroxylation is 1. The monoisotopic (exact) mass is 274 g/mol. The fourth-order valence-corrected chi connectivity index (χ4v) is 2.99. The maximum Gasteiger partial charge on any atom is 0.0449 e. The van der Waals surface area contributed by atoms with Crippen molar-refractivity contribution in [3.8, 4) is 0 Å². The molecule has 1 heterocycles. The molecule has 1 N–H and O–H groups in total. The molecule has 0 spiro atoms. The smallest absolute Gasteiger partial charge is 0.0449 e. The minimum atomic E-state index is 0.485. The summed E-state index contributed by atoms with van der Waals surface area (Å²) in [7, 11) is 0. The van der Waals surface area contributed by atoms with Gasteiger partial charge in [-0.2, -0.15) is 0 Å². The fourth-order valence-electron chi connectivity index (χ4n) is 2.99. The summed E-state index contributed by atoms with van der Waals surface area (Å²) < 4.78 is 0. The lowest BCUT2D eigenvalue weighted by Gasteiger charge is -2.31. The first-order chi connectivity index (χ1) is 9.83. The van der Waals surface area contributed by atoms with E-state index in [0.29, 0.717) is 6.04 Å². The Morgan fingerprint density at radius 1 is 1.05 bits per heavy atom. The summed E-state index contributed by atoms with van der Waals surface area (Å²) in [5.41, 5.74) is 2.88. The largest absolute Gasteiger partial charge is 0.309 e. The average Bonchev–Trinajstić information content (AvgIpc) is 2.52. The van der Waals surface area contributed by atoms with Gasteiger partial charge in [-0.15, -0.1) is 0 Å². The Morgan fingerprint density at radius 2 is 1.75 bits per heavy atom. The van der Waals surface area contributed by atoms with E-state index in [2.05, 4.69) is 48.3 Å². The number of hydrogen-bond donors (Lipinski definition) is 1. The van der Waals surface area contributed by atoms with Crippen LogP contribution >= 0.6 is 0 Å². The maximum absolute atomic E-state index is 3.73. The van der Waals surface area contributed by atoms with Crippen LogP contribution in [0.4, 0.5) is 0 Å². The van der Waals surface area contributed by atoms with E-state index in [9.17, 15) is 0 Å². The third-order valence-electron chi connectivity index (χ3n) is 4.32. The molecule has 1 aromatic rings. The van der Waals surface area contributed by atoms with E-state index >= 15 is 0 Å². The molecule has 1 unspecified atom stereocenters. The van der Waals surface area contributed by atoms with Crippen molar-refractivity contribution in [1.29, 1.82) is 0 Å². The standard InChI is InChI=1S/C18H30N2/c1-3-12-19-18(15-20-13-6-5-7-14-20)17-10-8-16(4-2)9-11-17/h8-11,18-19H,3-7,12-15H2,1-2H3. The SMILES string of the molecule is CCCNC(CN1CCCCC1)c1ccc(CC)cc1. The van der Waals surface area contributed by atoms with Crippen molar-refractivity contribution in [3.05, 3.63) is 35.4 Å². The maximum atomic E-state index is 3.73. The Bertz CT molecular complexity index is 366. The summed E-state index contributed by atoms with van der Waals surface area (Å²) in [6.07, 6.45) is 6.47. The lowest BCUT2D eigenvalue weighted by Crippen LogP contribution is -2.38. The number of rotatable bonds is 7. The zero-order valence-corrected chi connectivity index (χ0v) is 13.2. The van der Waals surface area contributed by atoms with Crippen LogP contribution in [0.25, 0.3) is 0 Å². The number of likely N-dealkylation sites (tertiary alicyclic amines) is 1. The van der Waals surface area contributed by atoms with Gasteiger partial charge in [0.05, 0.1) is 0 Å². The normalized spacial score (nSPS) is 18.1. The van der Waals surface area contributed by atoms with Gasteiger partial charge in [-0.05, 0) is 56.4 Å². The van der Waals surface area contributed by atoms with Crippen LogP contribution in [0.15, 0.2) is 24.3 Å². The second-order valence-electron chi connectivity index (χ2n) is 5.96. The predicted octanol–water partition coefficient (Wildman–Crippen LogP) is 3.78. The second-order valence-corrected chi connectivity index (χ2v) is 5.96. The van der Waals surface area contributed by atoms with E-state index in [1.54, 1.807) is 0 Å². The number of benzene rings is 1. The van der Waals surface area contributed by atoms with E-state index in [1.165, 1.54) is 49.9 Å². The van der Waals surface area contributed by atoms with Crippen molar-refractivity contribution in [2.45, 2.75) is 52.0 Å². The van der Waals surface area contributed by atoms with Gasteiger partial charge in [0.15, 0.2) is 0 Å². The Labute approximate surface area is 124 Å². The van der Waals surface area contributed by atoms with Gasteiger partial charge in [-0.25, -0.2) is 0 Å². The van der Waals surface area contributed by atoms with Crippen molar-refractivity contribution in [2.75, 3.05) is 26.2 Å². The highest BCUT2D eigenvalue weighted by Crippen LogP contribution is 2.18. The van der Waals surface area contributed by atoms with Crippen LogP contribution in [0.1, 0.15) is 56.7 Å².